The number of aryl methyl sites for hydroxylation is 1. The normalized spacial score (nSPS) is 10.9. The fraction of sp³-hybridized carbons (Fsp3) is 0.143. The maximum absolute atomic E-state index is 11.3. The van der Waals surface area contributed by atoms with Crippen LogP contribution in [-0.4, -0.2) is 18.0 Å². The number of anilines is 1. The topological polar surface area (TPSA) is 54.6 Å². The molecule has 1 amide bonds. The molecule has 0 atom stereocenters. The summed E-state index contributed by atoms with van der Waals surface area (Å²) in [5.74, 6) is 0.993. The van der Waals surface area contributed by atoms with E-state index in [0.717, 1.165) is 5.76 Å². The van der Waals surface area contributed by atoms with E-state index in [4.69, 9.17) is 27.6 Å². The molecule has 0 unspecified atom stereocenters. The van der Waals surface area contributed by atoms with Crippen LogP contribution in [0.25, 0.3) is 0 Å². The van der Waals surface area contributed by atoms with Crippen LogP contribution in [0.5, 0.6) is 0 Å². The van der Waals surface area contributed by atoms with E-state index < -0.39 is 0 Å². The second kappa shape index (κ2) is 6.59. The predicted molar refractivity (Wildman–Crippen MR) is 81.5 cm³/mol. The highest BCUT2D eigenvalue weighted by molar-refractivity contribution is 6.31. The monoisotopic (exact) mass is 310 g/mol. The minimum absolute atomic E-state index is 0.122. The summed E-state index contributed by atoms with van der Waals surface area (Å²) in [4.78, 5) is 15.6. The minimum Gasteiger partial charge on any atom is -0.460 e. The molecule has 1 N–H and O–H groups in total. The van der Waals surface area contributed by atoms with Gasteiger partial charge in [-0.2, -0.15) is 0 Å². The molecular weight excluding hydrogens is 299 g/mol. The third-order valence-corrected chi connectivity index (χ3v) is 2.93. The van der Waals surface area contributed by atoms with E-state index >= 15 is 0 Å². The molecule has 20 heavy (non-hydrogen) atoms. The SMILES string of the molecule is Cc1ccc(C=Nc2cc(Cl)ccc2NC(=O)CCl)o1. The number of nitrogens with zero attached hydrogens (tertiary/aromatic N) is 1. The van der Waals surface area contributed by atoms with Crippen LogP contribution in [0.4, 0.5) is 11.4 Å². The number of carbonyl (C=O) groups excluding carboxylic acids is 1. The molecular formula is C14H12Cl2N2O2. The van der Waals surface area contributed by atoms with Crippen molar-refractivity contribution < 1.29 is 9.21 Å². The number of nitrogens with one attached hydrogen (secondary N) is 1. The molecule has 2 rings (SSSR count). The van der Waals surface area contributed by atoms with Crippen LogP contribution < -0.4 is 5.32 Å². The van der Waals surface area contributed by atoms with Crippen LogP contribution in [0.3, 0.4) is 0 Å². The zero-order chi connectivity index (χ0) is 14.5. The number of carbonyl (C=O) groups is 1. The molecule has 1 aromatic heterocycles. The molecule has 1 aromatic carbocycles. The van der Waals surface area contributed by atoms with Gasteiger partial charge in [-0.3, -0.25) is 9.79 Å². The van der Waals surface area contributed by atoms with Gasteiger partial charge >= 0.3 is 0 Å². The Balaban J connectivity index is 2.27. The van der Waals surface area contributed by atoms with Gasteiger partial charge in [-0.25, -0.2) is 0 Å². The van der Waals surface area contributed by atoms with Gasteiger partial charge in [0.15, 0.2) is 0 Å². The van der Waals surface area contributed by atoms with Crippen molar-refractivity contribution in [3.63, 3.8) is 0 Å². The molecule has 0 bridgehead atoms. The zero-order valence-electron chi connectivity index (χ0n) is 10.7. The number of hydrogen-bond donors (Lipinski definition) is 1. The van der Waals surface area contributed by atoms with Gasteiger partial charge in [-0.1, -0.05) is 11.6 Å². The fourth-order valence-electron chi connectivity index (χ4n) is 1.56. The van der Waals surface area contributed by atoms with Crippen molar-refractivity contribution in [3.8, 4) is 0 Å². The van der Waals surface area contributed by atoms with Crippen molar-refractivity contribution in [1.29, 1.82) is 0 Å². The first-order valence-corrected chi connectivity index (χ1v) is 6.75. The molecule has 2 aromatic rings. The van der Waals surface area contributed by atoms with Gasteiger partial charge in [-0.15, -0.1) is 11.6 Å². The quantitative estimate of drug-likeness (QED) is 0.680. The predicted octanol–water partition coefficient (Wildman–Crippen LogP) is 4.17. The summed E-state index contributed by atoms with van der Waals surface area (Å²) in [6.45, 7) is 1.85. The molecule has 0 aliphatic carbocycles. The summed E-state index contributed by atoms with van der Waals surface area (Å²) < 4.78 is 5.39. The molecule has 0 saturated carbocycles. The molecule has 0 aliphatic heterocycles. The highest BCUT2D eigenvalue weighted by atomic mass is 35.5. The van der Waals surface area contributed by atoms with Gasteiger partial charge in [0.05, 0.1) is 17.6 Å². The van der Waals surface area contributed by atoms with Crippen molar-refractivity contribution >= 4 is 46.7 Å². The molecule has 0 fully saturated rings. The van der Waals surface area contributed by atoms with Gasteiger partial charge in [0.1, 0.15) is 17.4 Å². The van der Waals surface area contributed by atoms with Gasteiger partial charge in [0.25, 0.3) is 0 Å². The Morgan fingerprint density at radius 3 is 2.85 bits per heavy atom. The number of benzene rings is 1. The average molecular weight is 311 g/mol. The third-order valence-electron chi connectivity index (χ3n) is 2.45. The maximum Gasteiger partial charge on any atom is 0.239 e. The van der Waals surface area contributed by atoms with Gasteiger partial charge < -0.3 is 9.73 Å². The van der Waals surface area contributed by atoms with E-state index in [9.17, 15) is 4.79 Å². The average Bonchev–Trinajstić information content (AvgIpc) is 2.84. The zero-order valence-corrected chi connectivity index (χ0v) is 12.2. The first kappa shape index (κ1) is 14.6. The van der Waals surface area contributed by atoms with Crippen molar-refractivity contribution in [2.75, 3.05) is 11.2 Å². The lowest BCUT2D eigenvalue weighted by Gasteiger charge is -2.06. The molecule has 0 saturated heterocycles. The Hall–Kier alpha value is -1.78. The number of amides is 1. The van der Waals surface area contributed by atoms with E-state index in [1.165, 1.54) is 0 Å². The first-order valence-electron chi connectivity index (χ1n) is 5.84. The van der Waals surface area contributed by atoms with Crippen LogP contribution in [0.2, 0.25) is 5.02 Å². The number of furan rings is 1. The summed E-state index contributed by atoms with van der Waals surface area (Å²) >= 11 is 11.4. The maximum atomic E-state index is 11.3. The van der Waals surface area contributed by atoms with Crippen molar-refractivity contribution in [1.82, 2.24) is 0 Å². The van der Waals surface area contributed by atoms with Crippen LogP contribution in [0, 0.1) is 6.92 Å². The minimum atomic E-state index is -0.306. The molecule has 0 radical (unpaired) electrons. The lowest BCUT2D eigenvalue weighted by molar-refractivity contribution is -0.113. The highest BCUT2D eigenvalue weighted by Crippen LogP contribution is 2.28. The lowest BCUT2D eigenvalue weighted by Crippen LogP contribution is -2.12. The van der Waals surface area contributed by atoms with Crippen molar-refractivity contribution in [3.05, 3.63) is 46.9 Å². The Morgan fingerprint density at radius 1 is 1.40 bits per heavy atom. The Bertz CT molecular complexity index is 650. The fourth-order valence-corrected chi connectivity index (χ4v) is 1.79. The summed E-state index contributed by atoms with van der Waals surface area (Å²) in [6, 6.07) is 8.64. The number of aliphatic imine (C=N–C) groups is 1. The number of alkyl halides is 1. The van der Waals surface area contributed by atoms with E-state index in [1.54, 1.807) is 30.5 Å². The van der Waals surface area contributed by atoms with Crippen LogP contribution in [0.1, 0.15) is 11.5 Å². The summed E-state index contributed by atoms with van der Waals surface area (Å²) in [6.07, 6.45) is 1.56. The second-order valence-corrected chi connectivity index (χ2v) is 4.75. The largest absolute Gasteiger partial charge is 0.460 e. The van der Waals surface area contributed by atoms with Crippen LogP contribution in [-0.2, 0) is 4.79 Å². The summed E-state index contributed by atoms with van der Waals surface area (Å²) in [5, 5.41) is 3.18. The molecule has 6 heteroatoms. The number of halogens is 2. The van der Waals surface area contributed by atoms with Crippen LogP contribution in [0.15, 0.2) is 39.7 Å². The van der Waals surface area contributed by atoms with Gasteiger partial charge in [0.2, 0.25) is 5.91 Å². The number of hydrogen-bond acceptors (Lipinski definition) is 3. The van der Waals surface area contributed by atoms with Crippen LogP contribution >= 0.6 is 23.2 Å². The Kier molecular flexibility index (Phi) is 4.82. The molecule has 0 spiro atoms. The van der Waals surface area contributed by atoms with E-state index in [-0.39, 0.29) is 11.8 Å². The molecule has 0 aliphatic rings. The van der Waals surface area contributed by atoms with E-state index in [1.807, 2.05) is 13.0 Å². The van der Waals surface area contributed by atoms with Gasteiger partial charge in [-0.05, 0) is 37.3 Å². The highest BCUT2D eigenvalue weighted by Gasteiger charge is 2.06. The summed E-state index contributed by atoms with van der Waals surface area (Å²) in [7, 11) is 0. The Labute approximate surface area is 126 Å². The lowest BCUT2D eigenvalue weighted by atomic mass is 10.2. The van der Waals surface area contributed by atoms with Gasteiger partial charge in [0, 0.05) is 5.02 Å². The molecule has 1 heterocycles. The van der Waals surface area contributed by atoms with Crippen molar-refractivity contribution in [2.24, 2.45) is 4.99 Å². The second-order valence-electron chi connectivity index (χ2n) is 4.05. The standard InChI is InChI=1S/C14H12Cl2N2O2/c1-9-2-4-11(20-9)8-17-13-6-10(16)3-5-12(13)18-14(19)7-15/h2-6,8H,7H2,1H3,(H,18,19). The van der Waals surface area contributed by atoms with Crippen molar-refractivity contribution in [2.45, 2.75) is 6.92 Å². The first-order chi connectivity index (χ1) is 9.58. The molecule has 104 valence electrons. The van der Waals surface area contributed by atoms with E-state index in [0.29, 0.717) is 22.2 Å². The third kappa shape index (κ3) is 3.85. The number of rotatable bonds is 4. The molecule has 4 nitrogen and oxygen atoms in total. The summed E-state index contributed by atoms with van der Waals surface area (Å²) in [5.41, 5.74) is 1.07. The smallest absolute Gasteiger partial charge is 0.239 e. The van der Waals surface area contributed by atoms with E-state index in [2.05, 4.69) is 10.3 Å². The Morgan fingerprint density at radius 2 is 2.20 bits per heavy atom.